The number of benzene rings is 1. The van der Waals surface area contributed by atoms with Gasteiger partial charge in [0, 0.05) is 28.3 Å². The van der Waals surface area contributed by atoms with Gasteiger partial charge in [-0.15, -0.1) is 10.2 Å². The van der Waals surface area contributed by atoms with E-state index in [0.29, 0.717) is 20.8 Å². The van der Waals surface area contributed by atoms with E-state index in [1.807, 2.05) is 0 Å². The molecule has 0 saturated carbocycles. The molecule has 1 aromatic carbocycles. The molecule has 2 rings (SSSR count). The van der Waals surface area contributed by atoms with Gasteiger partial charge in [-0.25, -0.2) is 0 Å². The Morgan fingerprint density at radius 2 is 2.09 bits per heavy atom. The average molecular weight is 362 g/mol. The first-order chi connectivity index (χ1) is 10.5. The van der Waals surface area contributed by atoms with Crippen molar-refractivity contribution in [2.45, 2.75) is 10.8 Å². The van der Waals surface area contributed by atoms with Crippen LogP contribution in [-0.4, -0.2) is 24.7 Å². The summed E-state index contributed by atoms with van der Waals surface area (Å²) < 4.78 is 47.7. The Balaban J connectivity index is 1.95. The standard InChI is InChI=1S/C12H11F2N3O2S3/c13-10(14)2-1-7-20-12-16-15-11(21-12)8-3-5-9(6-4-8)17-22(18)19/h2-6,17H,1,7H2,(H,18,19)/p-1. The molecule has 0 aliphatic heterocycles. The number of thioether (sulfide) groups is 1. The number of halogens is 2. The highest BCUT2D eigenvalue weighted by molar-refractivity contribution is 8.01. The first-order valence-corrected chi connectivity index (χ1v) is 8.86. The highest BCUT2D eigenvalue weighted by Crippen LogP contribution is 2.30. The molecular formula is C12H10F2N3O2S3-. The van der Waals surface area contributed by atoms with E-state index in [1.165, 1.54) is 23.1 Å². The van der Waals surface area contributed by atoms with Crippen molar-refractivity contribution in [3.8, 4) is 10.6 Å². The Morgan fingerprint density at radius 1 is 1.36 bits per heavy atom. The number of nitrogens with zero attached hydrogens (tertiary/aromatic N) is 2. The van der Waals surface area contributed by atoms with Crippen LogP contribution in [0.15, 0.2) is 40.8 Å². The van der Waals surface area contributed by atoms with Gasteiger partial charge in [-0.3, -0.25) is 4.21 Å². The second-order valence-corrected chi connectivity index (χ2v) is 6.91. The SMILES string of the molecule is O=S([O-])Nc1ccc(-c2nnc(SCCC=C(F)F)s2)cc1. The van der Waals surface area contributed by atoms with E-state index in [-0.39, 0.29) is 6.42 Å². The van der Waals surface area contributed by atoms with Gasteiger partial charge in [0.1, 0.15) is 5.01 Å². The second kappa shape index (κ2) is 8.32. The van der Waals surface area contributed by atoms with Gasteiger partial charge in [-0.05, 0) is 36.8 Å². The van der Waals surface area contributed by atoms with Crippen LogP contribution in [0.5, 0.6) is 0 Å². The van der Waals surface area contributed by atoms with Crippen molar-refractivity contribution in [2.75, 3.05) is 10.5 Å². The fourth-order valence-corrected chi connectivity index (χ4v) is 3.62. The summed E-state index contributed by atoms with van der Waals surface area (Å²) in [5.74, 6) is 0.504. The smallest absolute Gasteiger partial charge is 0.266 e. The van der Waals surface area contributed by atoms with E-state index < -0.39 is 17.3 Å². The van der Waals surface area contributed by atoms with E-state index in [1.54, 1.807) is 24.3 Å². The van der Waals surface area contributed by atoms with Crippen molar-refractivity contribution >= 4 is 40.1 Å². The Bertz CT molecular complexity index is 673. The van der Waals surface area contributed by atoms with Crippen LogP contribution in [-0.2, 0) is 11.3 Å². The van der Waals surface area contributed by atoms with Crippen molar-refractivity contribution in [1.82, 2.24) is 10.2 Å². The van der Waals surface area contributed by atoms with Crippen molar-refractivity contribution < 1.29 is 17.5 Å². The minimum Gasteiger partial charge on any atom is -0.755 e. The molecule has 0 amide bonds. The summed E-state index contributed by atoms with van der Waals surface area (Å²) in [6.07, 6.45) is -0.527. The zero-order valence-electron chi connectivity index (χ0n) is 11.0. The largest absolute Gasteiger partial charge is 0.755 e. The lowest BCUT2D eigenvalue weighted by molar-refractivity contribution is 0.418. The van der Waals surface area contributed by atoms with Crippen LogP contribution in [0.3, 0.4) is 0 Å². The van der Waals surface area contributed by atoms with Crippen molar-refractivity contribution in [3.05, 3.63) is 36.4 Å². The molecule has 0 spiro atoms. The summed E-state index contributed by atoms with van der Waals surface area (Å²) in [6.45, 7) is 0. The Hall–Kier alpha value is -1.36. The van der Waals surface area contributed by atoms with E-state index in [4.69, 9.17) is 0 Å². The monoisotopic (exact) mass is 362 g/mol. The predicted molar refractivity (Wildman–Crippen MR) is 83.5 cm³/mol. The summed E-state index contributed by atoms with van der Waals surface area (Å²) >= 11 is 0.359. The summed E-state index contributed by atoms with van der Waals surface area (Å²) in [5, 5.41) is 8.71. The van der Waals surface area contributed by atoms with Crippen molar-refractivity contribution in [1.29, 1.82) is 0 Å². The van der Waals surface area contributed by atoms with Crippen LogP contribution in [0, 0.1) is 0 Å². The van der Waals surface area contributed by atoms with Gasteiger partial charge in [0.05, 0.1) is 0 Å². The quantitative estimate of drug-likeness (QED) is 0.462. The molecule has 1 unspecified atom stereocenters. The van der Waals surface area contributed by atoms with E-state index in [2.05, 4.69) is 14.9 Å². The average Bonchev–Trinajstić information content (AvgIpc) is 2.92. The van der Waals surface area contributed by atoms with E-state index >= 15 is 0 Å². The number of allylic oxidation sites excluding steroid dienone is 1. The van der Waals surface area contributed by atoms with Crippen LogP contribution in [0.4, 0.5) is 14.5 Å². The van der Waals surface area contributed by atoms with Crippen LogP contribution in [0.2, 0.25) is 0 Å². The first-order valence-electron chi connectivity index (χ1n) is 5.98. The molecule has 0 saturated heterocycles. The van der Waals surface area contributed by atoms with Gasteiger partial charge < -0.3 is 9.27 Å². The summed E-state index contributed by atoms with van der Waals surface area (Å²) in [6, 6.07) is 6.69. The third-order valence-corrected chi connectivity index (χ3v) is 4.92. The summed E-state index contributed by atoms with van der Waals surface area (Å²) in [4.78, 5) is 0. The molecule has 22 heavy (non-hydrogen) atoms. The number of rotatable bonds is 7. The molecule has 1 N–H and O–H groups in total. The number of nitrogens with one attached hydrogen (secondary N) is 1. The van der Waals surface area contributed by atoms with Crippen molar-refractivity contribution in [2.24, 2.45) is 0 Å². The van der Waals surface area contributed by atoms with Crippen LogP contribution in [0.1, 0.15) is 6.42 Å². The maximum Gasteiger partial charge on any atom is 0.266 e. The maximum absolute atomic E-state index is 11.9. The fourth-order valence-electron chi connectivity index (χ4n) is 1.48. The number of hydrogen-bond acceptors (Lipinski definition) is 6. The van der Waals surface area contributed by atoms with Crippen LogP contribution < -0.4 is 4.72 Å². The van der Waals surface area contributed by atoms with E-state index in [9.17, 15) is 17.5 Å². The molecule has 118 valence electrons. The second-order valence-electron chi connectivity index (χ2n) is 3.92. The summed E-state index contributed by atoms with van der Waals surface area (Å²) in [5.41, 5.74) is 1.26. The van der Waals surface area contributed by atoms with Gasteiger partial charge in [-0.1, -0.05) is 23.1 Å². The molecule has 1 heterocycles. The van der Waals surface area contributed by atoms with Gasteiger partial charge in [-0.2, -0.15) is 8.78 Å². The third-order valence-electron chi connectivity index (χ3n) is 2.38. The van der Waals surface area contributed by atoms with Crippen LogP contribution >= 0.6 is 23.1 Å². The number of hydrogen-bond donors (Lipinski definition) is 1. The zero-order valence-corrected chi connectivity index (χ0v) is 13.4. The third kappa shape index (κ3) is 5.44. The van der Waals surface area contributed by atoms with Gasteiger partial charge in [0.2, 0.25) is 0 Å². The molecule has 0 radical (unpaired) electrons. The molecule has 0 fully saturated rings. The molecule has 2 aromatic rings. The van der Waals surface area contributed by atoms with Gasteiger partial charge in [0.25, 0.3) is 6.08 Å². The molecule has 5 nitrogen and oxygen atoms in total. The van der Waals surface area contributed by atoms with Crippen molar-refractivity contribution in [3.63, 3.8) is 0 Å². The maximum atomic E-state index is 11.9. The molecule has 0 bridgehead atoms. The molecule has 1 atom stereocenters. The highest BCUT2D eigenvalue weighted by atomic mass is 32.2. The fraction of sp³-hybridized carbons (Fsp3) is 0.167. The highest BCUT2D eigenvalue weighted by Gasteiger charge is 2.07. The zero-order chi connectivity index (χ0) is 15.9. The van der Waals surface area contributed by atoms with E-state index in [0.717, 1.165) is 11.6 Å². The normalized spacial score (nSPS) is 12.0. The Morgan fingerprint density at radius 3 is 2.73 bits per heavy atom. The lowest BCUT2D eigenvalue weighted by Gasteiger charge is -2.08. The number of anilines is 1. The topological polar surface area (TPSA) is 77.9 Å². The Labute approximate surface area is 136 Å². The Kier molecular flexibility index (Phi) is 6.43. The van der Waals surface area contributed by atoms with Crippen LogP contribution in [0.25, 0.3) is 10.6 Å². The molecule has 0 aliphatic rings. The predicted octanol–water partition coefficient (Wildman–Crippen LogP) is 3.67. The minimum absolute atomic E-state index is 0.272. The lowest BCUT2D eigenvalue weighted by atomic mass is 10.2. The minimum atomic E-state index is -2.36. The molecular weight excluding hydrogens is 352 g/mol. The molecule has 10 heteroatoms. The first kappa shape index (κ1) is 17.0. The van der Waals surface area contributed by atoms with Gasteiger partial charge >= 0.3 is 0 Å². The lowest BCUT2D eigenvalue weighted by Crippen LogP contribution is -2.01. The molecule has 1 aromatic heterocycles. The number of aromatic nitrogens is 2. The van der Waals surface area contributed by atoms with Gasteiger partial charge in [0.15, 0.2) is 4.34 Å². The summed E-state index contributed by atoms with van der Waals surface area (Å²) in [7, 11) is 0. The molecule has 0 aliphatic carbocycles.